The molecule has 0 spiro atoms. The largest absolute Gasteiger partial charge is 0.322 e. The van der Waals surface area contributed by atoms with Gasteiger partial charge in [-0.05, 0) is 53.6 Å². The average molecular weight is 342 g/mol. The summed E-state index contributed by atoms with van der Waals surface area (Å²) >= 11 is 11.8. The van der Waals surface area contributed by atoms with Gasteiger partial charge in [0.1, 0.15) is 0 Å². The Hall–Kier alpha value is -2.29. The first-order valence-corrected chi connectivity index (χ1v) is 7.80. The lowest BCUT2D eigenvalue weighted by atomic mass is 10.1. The van der Waals surface area contributed by atoms with Crippen LogP contribution in [0.25, 0.3) is 11.1 Å². The second-order valence-electron chi connectivity index (χ2n) is 5.05. The molecule has 3 aromatic carbocycles. The van der Waals surface area contributed by atoms with E-state index in [-0.39, 0.29) is 5.91 Å². The fourth-order valence-electron chi connectivity index (χ4n) is 2.22. The van der Waals surface area contributed by atoms with Crippen molar-refractivity contribution in [1.82, 2.24) is 0 Å². The standard InChI is InChI=1S/C19H13Cl2NO/c20-16-8-4-13(5-9-16)14-6-10-18(11-7-14)22-19(23)15-2-1-3-17(21)12-15/h1-12H,(H,22,23). The first-order chi connectivity index (χ1) is 11.1. The number of amides is 1. The van der Waals surface area contributed by atoms with Crippen LogP contribution < -0.4 is 5.32 Å². The zero-order chi connectivity index (χ0) is 16.2. The van der Waals surface area contributed by atoms with Crippen LogP contribution in [-0.2, 0) is 0 Å². The van der Waals surface area contributed by atoms with Crippen LogP contribution in [0.15, 0.2) is 72.8 Å². The molecule has 2 nitrogen and oxygen atoms in total. The SMILES string of the molecule is O=C(Nc1ccc(-c2ccc(Cl)cc2)cc1)c1cccc(Cl)c1. The summed E-state index contributed by atoms with van der Waals surface area (Å²) in [7, 11) is 0. The maximum Gasteiger partial charge on any atom is 0.255 e. The zero-order valence-electron chi connectivity index (χ0n) is 12.1. The molecule has 4 heteroatoms. The van der Waals surface area contributed by atoms with Crippen LogP contribution in [0.4, 0.5) is 5.69 Å². The first kappa shape index (κ1) is 15.6. The summed E-state index contributed by atoms with van der Waals surface area (Å²) in [6.07, 6.45) is 0. The molecule has 0 atom stereocenters. The van der Waals surface area contributed by atoms with Gasteiger partial charge in [-0.3, -0.25) is 4.79 Å². The van der Waals surface area contributed by atoms with Crippen LogP contribution in [-0.4, -0.2) is 5.91 Å². The van der Waals surface area contributed by atoms with Gasteiger partial charge in [0.25, 0.3) is 5.91 Å². The molecule has 0 radical (unpaired) electrons. The van der Waals surface area contributed by atoms with Crippen LogP contribution in [0, 0.1) is 0 Å². The minimum atomic E-state index is -0.188. The third kappa shape index (κ3) is 3.92. The predicted molar refractivity (Wildman–Crippen MR) is 96.3 cm³/mol. The molecule has 0 unspecified atom stereocenters. The van der Waals surface area contributed by atoms with Gasteiger partial charge in [0.15, 0.2) is 0 Å². The van der Waals surface area contributed by atoms with Crippen molar-refractivity contribution in [2.45, 2.75) is 0 Å². The normalized spacial score (nSPS) is 10.3. The third-order valence-corrected chi connectivity index (χ3v) is 3.89. The van der Waals surface area contributed by atoms with Gasteiger partial charge in [-0.2, -0.15) is 0 Å². The maximum atomic E-state index is 12.2. The molecule has 0 fully saturated rings. The van der Waals surface area contributed by atoms with E-state index in [9.17, 15) is 4.79 Å². The van der Waals surface area contributed by atoms with Crippen LogP contribution in [0.1, 0.15) is 10.4 Å². The van der Waals surface area contributed by atoms with E-state index in [1.165, 1.54) is 0 Å². The molecule has 0 aliphatic rings. The molecule has 23 heavy (non-hydrogen) atoms. The van der Waals surface area contributed by atoms with Gasteiger partial charge in [0.2, 0.25) is 0 Å². The van der Waals surface area contributed by atoms with E-state index in [0.29, 0.717) is 15.6 Å². The Kier molecular flexibility index (Phi) is 4.65. The molecule has 0 bridgehead atoms. The van der Waals surface area contributed by atoms with E-state index >= 15 is 0 Å². The van der Waals surface area contributed by atoms with Crippen molar-refractivity contribution in [3.05, 3.63) is 88.4 Å². The fourth-order valence-corrected chi connectivity index (χ4v) is 2.54. The highest BCUT2D eigenvalue weighted by Crippen LogP contribution is 2.23. The summed E-state index contributed by atoms with van der Waals surface area (Å²) in [5.41, 5.74) is 3.39. The van der Waals surface area contributed by atoms with E-state index in [1.807, 2.05) is 48.5 Å². The van der Waals surface area contributed by atoms with E-state index in [4.69, 9.17) is 23.2 Å². The number of nitrogens with one attached hydrogen (secondary N) is 1. The van der Waals surface area contributed by atoms with Crippen molar-refractivity contribution in [1.29, 1.82) is 0 Å². The summed E-state index contributed by atoms with van der Waals surface area (Å²) < 4.78 is 0. The van der Waals surface area contributed by atoms with E-state index in [1.54, 1.807) is 24.3 Å². The first-order valence-electron chi connectivity index (χ1n) is 7.05. The van der Waals surface area contributed by atoms with E-state index in [2.05, 4.69) is 5.32 Å². The van der Waals surface area contributed by atoms with Gasteiger partial charge in [-0.25, -0.2) is 0 Å². The molecule has 0 saturated heterocycles. The van der Waals surface area contributed by atoms with Gasteiger partial charge in [-0.1, -0.05) is 53.5 Å². The van der Waals surface area contributed by atoms with Gasteiger partial charge in [0.05, 0.1) is 0 Å². The quantitative estimate of drug-likeness (QED) is 0.630. The molecule has 0 aromatic heterocycles. The smallest absolute Gasteiger partial charge is 0.255 e. The lowest BCUT2D eigenvalue weighted by Crippen LogP contribution is -2.11. The van der Waals surface area contributed by atoms with Gasteiger partial charge >= 0.3 is 0 Å². The highest BCUT2D eigenvalue weighted by atomic mass is 35.5. The van der Waals surface area contributed by atoms with Gasteiger partial charge in [0, 0.05) is 21.3 Å². The number of carbonyl (C=O) groups is 1. The van der Waals surface area contributed by atoms with Crippen molar-refractivity contribution in [2.24, 2.45) is 0 Å². The molecule has 3 rings (SSSR count). The molecule has 0 heterocycles. The van der Waals surface area contributed by atoms with Crippen LogP contribution in [0.5, 0.6) is 0 Å². The lowest BCUT2D eigenvalue weighted by Gasteiger charge is -2.07. The van der Waals surface area contributed by atoms with Crippen molar-refractivity contribution in [3.8, 4) is 11.1 Å². The number of carbonyl (C=O) groups excluding carboxylic acids is 1. The summed E-state index contributed by atoms with van der Waals surface area (Å²) in [4.78, 5) is 12.2. The minimum Gasteiger partial charge on any atom is -0.322 e. The second kappa shape index (κ2) is 6.86. The Labute approximate surface area is 144 Å². The number of hydrogen-bond acceptors (Lipinski definition) is 1. The monoisotopic (exact) mass is 341 g/mol. The topological polar surface area (TPSA) is 29.1 Å². The molecule has 0 aliphatic carbocycles. The van der Waals surface area contributed by atoms with Gasteiger partial charge < -0.3 is 5.32 Å². The molecule has 0 aliphatic heterocycles. The van der Waals surface area contributed by atoms with E-state index in [0.717, 1.165) is 16.8 Å². The van der Waals surface area contributed by atoms with Crippen molar-refractivity contribution in [3.63, 3.8) is 0 Å². The van der Waals surface area contributed by atoms with Crippen LogP contribution >= 0.6 is 23.2 Å². The number of rotatable bonds is 3. The Balaban J connectivity index is 1.75. The van der Waals surface area contributed by atoms with Crippen LogP contribution in [0.2, 0.25) is 10.0 Å². The lowest BCUT2D eigenvalue weighted by molar-refractivity contribution is 0.102. The Morgan fingerprint density at radius 3 is 1.96 bits per heavy atom. The molecule has 114 valence electrons. The van der Waals surface area contributed by atoms with Gasteiger partial charge in [-0.15, -0.1) is 0 Å². The zero-order valence-corrected chi connectivity index (χ0v) is 13.6. The number of hydrogen-bond donors (Lipinski definition) is 1. The van der Waals surface area contributed by atoms with E-state index < -0.39 is 0 Å². The predicted octanol–water partition coefficient (Wildman–Crippen LogP) is 5.91. The van der Waals surface area contributed by atoms with Crippen molar-refractivity contribution >= 4 is 34.8 Å². The maximum absolute atomic E-state index is 12.2. The molecule has 1 amide bonds. The Bertz CT molecular complexity index is 827. The molecular formula is C19H13Cl2NO. The van der Waals surface area contributed by atoms with Crippen molar-refractivity contribution < 1.29 is 4.79 Å². The highest BCUT2D eigenvalue weighted by Gasteiger charge is 2.06. The molecular weight excluding hydrogens is 329 g/mol. The molecule has 0 saturated carbocycles. The summed E-state index contributed by atoms with van der Waals surface area (Å²) in [6, 6.07) is 22.1. The number of anilines is 1. The second-order valence-corrected chi connectivity index (χ2v) is 5.92. The molecule has 1 N–H and O–H groups in total. The molecule has 3 aromatic rings. The third-order valence-electron chi connectivity index (χ3n) is 3.41. The Morgan fingerprint density at radius 2 is 1.35 bits per heavy atom. The number of halogens is 2. The fraction of sp³-hybridized carbons (Fsp3) is 0. The number of benzene rings is 3. The highest BCUT2D eigenvalue weighted by molar-refractivity contribution is 6.31. The van der Waals surface area contributed by atoms with Crippen molar-refractivity contribution in [2.75, 3.05) is 5.32 Å². The summed E-state index contributed by atoms with van der Waals surface area (Å²) in [5, 5.41) is 4.10. The minimum absolute atomic E-state index is 0.188. The summed E-state index contributed by atoms with van der Waals surface area (Å²) in [6.45, 7) is 0. The Morgan fingerprint density at radius 1 is 0.739 bits per heavy atom. The summed E-state index contributed by atoms with van der Waals surface area (Å²) in [5.74, 6) is -0.188. The van der Waals surface area contributed by atoms with Crippen LogP contribution in [0.3, 0.4) is 0 Å². The average Bonchev–Trinajstić information content (AvgIpc) is 2.56.